The zero-order valence-corrected chi connectivity index (χ0v) is 9.46. The van der Waals surface area contributed by atoms with Crippen molar-refractivity contribution in [3.8, 4) is 5.75 Å². The molecule has 1 saturated heterocycles. The lowest BCUT2D eigenvalue weighted by Gasteiger charge is -2.13. The minimum atomic E-state index is -0.739. The first-order valence-corrected chi connectivity index (χ1v) is 5.31. The van der Waals surface area contributed by atoms with Crippen molar-refractivity contribution in [2.45, 2.75) is 12.2 Å². The molecule has 0 saturated carbocycles. The molecule has 1 aromatic rings. The van der Waals surface area contributed by atoms with Gasteiger partial charge in [0.15, 0.2) is 6.10 Å². The van der Waals surface area contributed by atoms with Crippen molar-refractivity contribution >= 4 is 5.97 Å². The summed E-state index contributed by atoms with van der Waals surface area (Å²) >= 11 is 0. The summed E-state index contributed by atoms with van der Waals surface area (Å²) in [5.74, 6) is 0.202. The van der Waals surface area contributed by atoms with E-state index in [9.17, 15) is 9.90 Å². The van der Waals surface area contributed by atoms with Crippen LogP contribution in [0.2, 0.25) is 0 Å². The Morgan fingerprint density at radius 1 is 1.35 bits per heavy atom. The highest BCUT2D eigenvalue weighted by molar-refractivity contribution is 5.89. The largest absolute Gasteiger partial charge is 0.497 e. The molecule has 0 spiro atoms. The third kappa shape index (κ3) is 2.75. The van der Waals surface area contributed by atoms with E-state index in [1.807, 2.05) is 0 Å². The van der Waals surface area contributed by atoms with Gasteiger partial charge in [0.05, 0.1) is 25.9 Å². The molecule has 1 aromatic carbocycles. The highest BCUT2D eigenvalue weighted by Crippen LogP contribution is 2.15. The monoisotopic (exact) mass is 238 g/mol. The molecule has 2 atom stereocenters. The summed E-state index contributed by atoms with van der Waals surface area (Å²) in [4.78, 5) is 11.7. The average molecular weight is 238 g/mol. The van der Waals surface area contributed by atoms with Gasteiger partial charge in [-0.1, -0.05) is 0 Å². The second-order valence-corrected chi connectivity index (χ2v) is 3.78. The van der Waals surface area contributed by atoms with E-state index in [-0.39, 0.29) is 13.2 Å². The van der Waals surface area contributed by atoms with Crippen LogP contribution in [0, 0.1) is 0 Å². The Morgan fingerprint density at radius 2 is 2.06 bits per heavy atom. The van der Waals surface area contributed by atoms with Crippen LogP contribution in [-0.2, 0) is 9.47 Å². The molecule has 1 aliphatic heterocycles. The Bertz CT molecular complexity index is 386. The van der Waals surface area contributed by atoms with Gasteiger partial charge in [-0.05, 0) is 24.3 Å². The number of aliphatic hydroxyl groups excluding tert-OH is 1. The third-order valence-electron chi connectivity index (χ3n) is 2.58. The van der Waals surface area contributed by atoms with Gasteiger partial charge >= 0.3 is 5.97 Å². The second-order valence-electron chi connectivity index (χ2n) is 3.78. The molecule has 2 rings (SSSR count). The van der Waals surface area contributed by atoms with Crippen LogP contribution >= 0.6 is 0 Å². The average Bonchev–Trinajstić information content (AvgIpc) is 2.75. The lowest BCUT2D eigenvalue weighted by Crippen LogP contribution is -2.29. The smallest absolute Gasteiger partial charge is 0.338 e. The molecule has 0 amide bonds. The van der Waals surface area contributed by atoms with Crippen LogP contribution in [0.1, 0.15) is 10.4 Å². The number of hydrogen-bond donors (Lipinski definition) is 1. The molecule has 1 heterocycles. The number of aliphatic hydroxyl groups is 1. The number of methoxy groups -OCH3 is 1. The molecule has 0 aliphatic carbocycles. The lowest BCUT2D eigenvalue weighted by molar-refractivity contribution is 0.00114. The first kappa shape index (κ1) is 11.9. The molecular formula is C12H14O5. The number of esters is 1. The number of carbonyl (C=O) groups is 1. The summed E-state index contributed by atoms with van der Waals surface area (Å²) in [7, 11) is 1.56. The highest BCUT2D eigenvalue weighted by atomic mass is 16.6. The standard InChI is InChI=1S/C12H14O5/c1-15-9-4-2-8(3-5-9)12(14)17-11-7-16-6-10(11)13/h2-5,10-11,13H,6-7H2,1H3/t10-,11+/m1/s1. The molecule has 92 valence electrons. The highest BCUT2D eigenvalue weighted by Gasteiger charge is 2.29. The Morgan fingerprint density at radius 3 is 2.59 bits per heavy atom. The van der Waals surface area contributed by atoms with Gasteiger partial charge in [0.25, 0.3) is 0 Å². The van der Waals surface area contributed by atoms with Gasteiger partial charge in [0, 0.05) is 0 Å². The molecule has 17 heavy (non-hydrogen) atoms. The van der Waals surface area contributed by atoms with E-state index in [2.05, 4.69) is 0 Å². The zero-order valence-electron chi connectivity index (χ0n) is 9.46. The van der Waals surface area contributed by atoms with Crippen LogP contribution < -0.4 is 4.74 Å². The van der Waals surface area contributed by atoms with E-state index in [0.29, 0.717) is 11.3 Å². The van der Waals surface area contributed by atoms with Crippen molar-refractivity contribution in [3.05, 3.63) is 29.8 Å². The number of ether oxygens (including phenoxy) is 3. The van der Waals surface area contributed by atoms with Crippen molar-refractivity contribution in [2.24, 2.45) is 0 Å². The van der Waals surface area contributed by atoms with E-state index in [1.165, 1.54) is 0 Å². The lowest BCUT2D eigenvalue weighted by atomic mass is 10.2. The van der Waals surface area contributed by atoms with E-state index < -0.39 is 18.2 Å². The number of benzene rings is 1. The summed E-state index contributed by atoms with van der Waals surface area (Å²) in [5.41, 5.74) is 0.421. The fraction of sp³-hybridized carbons (Fsp3) is 0.417. The van der Waals surface area contributed by atoms with E-state index in [0.717, 1.165) is 0 Å². The predicted molar refractivity (Wildman–Crippen MR) is 59.0 cm³/mol. The van der Waals surface area contributed by atoms with Crippen molar-refractivity contribution in [2.75, 3.05) is 20.3 Å². The molecule has 0 aromatic heterocycles. The third-order valence-corrected chi connectivity index (χ3v) is 2.58. The zero-order chi connectivity index (χ0) is 12.3. The van der Waals surface area contributed by atoms with Gasteiger partial charge in [-0.2, -0.15) is 0 Å². The summed E-state index contributed by atoms with van der Waals surface area (Å²) in [5, 5.41) is 9.44. The van der Waals surface area contributed by atoms with Gasteiger partial charge in [0.1, 0.15) is 11.9 Å². The summed E-state index contributed by atoms with van der Waals surface area (Å²) in [6.45, 7) is 0.448. The van der Waals surface area contributed by atoms with Gasteiger partial charge in [-0.15, -0.1) is 0 Å². The molecule has 5 heteroatoms. The van der Waals surface area contributed by atoms with Gasteiger partial charge in [-0.3, -0.25) is 0 Å². The topological polar surface area (TPSA) is 65.0 Å². The van der Waals surface area contributed by atoms with Crippen LogP contribution in [0.25, 0.3) is 0 Å². The van der Waals surface area contributed by atoms with Crippen molar-refractivity contribution in [3.63, 3.8) is 0 Å². The minimum absolute atomic E-state index is 0.209. The first-order chi connectivity index (χ1) is 8.20. The SMILES string of the molecule is COc1ccc(C(=O)O[C@H]2COC[C@H]2O)cc1. The van der Waals surface area contributed by atoms with Crippen molar-refractivity contribution in [1.82, 2.24) is 0 Å². The normalized spacial score (nSPS) is 23.4. The minimum Gasteiger partial charge on any atom is -0.497 e. The van der Waals surface area contributed by atoms with Gasteiger partial charge < -0.3 is 19.3 Å². The summed E-state index contributed by atoms with van der Waals surface area (Å²) in [6, 6.07) is 6.59. The second kappa shape index (κ2) is 5.16. The number of hydrogen-bond acceptors (Lipinski definition) is 5. The fourth-order valence-corrected chi connectivity index (χ4v) is 1.57. The quantitative estimate of drug-likeness (QED) is 0.782. The summed E-state index contributed by atoms with van der Waals surface area (Å²) < 4.78 is 15.1. The maximum absolute atomic E-state index is 11.7. The Labute approximate surface area is 98.9 Å². The van der Waals surface area contributed by atoms with Crippen molar-refractivity contribution < 1.29 is 24.1 Å². The molecular weight excluding hydrogens is 224 g/mol. The van der Waals surface area contributed by atoms with Crippen LogP contribution in [0.4, 0.5) is 0 Å². The molecule has 0 bridgehead atoms. The number of rotatable bonds is 3. The molecule has 1 N–H and O–H groups in total. The van der Waals surface area contributed by atoms with Crippen LogP contribution in [-0.4, -0.2) is 43.6 Å². The maximum Gasteiger partial charge on any atom is 0.338 e. The fourth-order valence-electron chi connectivity index (χ4n) is 1.57. The van der Waals surface area contributed by atoms with Crippen LogP contribution in [0.3, 0.4) is 0 Å². The van der Waals surface area contributed by atoms with E-state index in [4.69, 9.17) is 14.2 Å². The molecule has 0 radical (unpaired) electrons. The molecule has 1 fully saturated rings. The summed E-state index contributed by atoms with van der Waals surface area (Å²) in [6.07, 6.45) is -1.32. The Balaban J connectivity index is 1.99. The Hall–Kier alpha value is -1.59. The van der Waals surface area contributed by atoms with E-state index >= 15 is 0 Å². The van der Waals surface area contributed by atoms with Crippen LogP contribution in [0.15, 0.2) is 24.3 Å². The first-order valence-electron chi connectivity index (χ1n) is 5.31. The molecule has 0 unspecified atom stereocenters. The van der Waals surface area contributed by atoms with Gasteiger partial charge in [0.2, 0.25) is 0 Å². The van der Waals surface area contributed by atoms with Crippen molar-refractivity contribution in [1.29, 1.82) is 0 Å². The maximum atomic E-state index is 11.7. The molecule has 5 nitrogen and oxygen atoms in total. The molecule has 1 aliphatic rings. The number of carbonyl (C=O) groups excluding carboxylic acids is 1. The van der Waals surface area contributed by atoms with Gasteiger partial charge in [-0.25, -0.2) is 4.79 Å². The Kier molecular flexibility index (Phi) is 3.61. The van der Waals surface area contributed by atoms with Crippen LogP contribution in [0.5, 0.6) is 5.75 Å². The van der Waals surface area contributed by atoms with E-state index in [1.54, 1.807) is 31.4 Å². The predicted octanol–water partition coefficient (Wildman–Crippen LogP) is 0.612.